The van der Waals surface area contributed by atoms with Gasteiger partial charge in [-0.15, -0.1) is 0 Å². The van der Waals surface area contributed by atoms with E-state index in [0.717, 1.165) is 31.7 Å². The molecule has 4 nitrogen and oxygen atoms in total. The molecule has 0 aromatic carbocycles. The van der Waals surface area contributed by atoms with Gasteiger partial charge in [0, 0.05) is 25.2 Å². The molecule has 2 aliphatic heterocycles. The van der Waals surface area contributed by atoms with E-state index in [9.17, 15) is 5.11 Å². The minimum absolute atomic E-state index is 0.386. The molecule has 0 spiro atoms. The van der Waals surface area contributed by atoms with Gasteiger partial charge in [-0.05, 0) is 25.5 Å². The summed E-state index contributed by atoms with van der Waals surface area (Å²) in [7, 11) is 0. The predicted molar refractivity (Wildman–Crippen MR) is 51.6 cm³/mol. The first-order valence-corrected chi connectivity index (χ1v) is 5.23. The summed E-state index contributed by atoms with van der Waals surface area (Å²) in [6.07, 6.45) is 4.05. The van der Waals surface area contributed by atoms with Crippen molar-refractivity contribution in [3.8, 4) is 0 Å². The minimum atomic E-state index is -0.674. The number of hydrogen-bond acceptors (Lipinski definition) is 3. The topological polar surface area (TPSA) is 52.2 Å². The molecule has 2 saturated heterocycles. The molecule has 1 aromatic rings. The first-order chi connectivity index (χ1) is 6.79. The Hall–Kier alpha value is -0.870. The number of fused-ring (bicyclic) bond motifs is 2. The van der Waals surface area contributed by atoms with E-state index in [1.807, 2.05) is 6.07 Å². The van der Waals surface area contributed by atoms with Crippen LogP contribution in [-0.2, 0) is 5.60 Å². The second-order valence-electron chi connectivity index (χ2n) is 4.47. The van der Waals surface area contributed by atoms with E-state index in [1.165, 1.54) is 6.42 Å². The van der Waals surface area contributed by atoms with E-state index in [2.05, 4.69) is 15.1 Å². The molecule has 3 heterocycles. The lowest BCUT2D eigenvalue weighted by Crippen LogP contribution is -2.34. The first-order valence-electron chi connectivity index (χ1n) is 5.23. The van der Waals surface area contributed by atoms with E-state index in [0.29, 0.717) is 5.92 Å². The van der Waals surface area contributed by atoms with Gasteiger partial charge < -0.3 is 5.11 Å². The molecule has 3 atom stereocenters. The van der Waals surface area contributed by atoms with Crippen molar-refractivity contribution in [2.75, 3.05) is 19.6 Å². The molecule has 0 saturated carbocycles. The minimum Gasteiger partial charge on any atom is -0.382 e. The zero-order valence-electron chi connectivity index (χ0n) is 8.11. The van der Waals surface area contributed by atoms with Crippen LogP contribution in [0, 0.1) is 5.92 Å². The molecule has 3 unspecified atom stereocenters. The molecule has 2 fully saturated rings. The van der Waals surface area contributed by atoms with Gasteiger partial charge in [0.25, 0.3) is 0 Å². The molecule has 0 aliphatic carbocycles. The van der Waals surface area contributed by atoms with E-state index in [-0.39, 0.29) is 0 Å². The Kier molecular flexibility index (Phi) is 1.69. The largest absolute Gasteiger partial charge is 0.382 e. The van der Waals surface area contributed by atoms with Crippen LogP contribution in [0.3, 0.4) is 0 Å². The van der Waals surface area contributed by atoms with Crippen LogP contribution in [0.5, 0.6) is 0 Å². The SMILES string of the molecule is OC1(c2ccn[nH]2)CN2CCCC1C2. The third-order valence-electron chi connectivity index (χ3n) is 3.61. The summed E-state index contributed by atoms with van der Waals surface area (Å²) in [6.45, 7) is 2.93. The molecule has 1 aromatic heterocycles. The number of nitrogens with one attached hydrogen (secondary N) is 1. The molecule has 2 aliphatic rings. The quantitative estimate of drug-likeness (QED) is 0.675. The third kappa shape index (κ3) is 1.04. The highest BCUT2D eigenvalue weighted by Crippen LogP contribution is 2.41. The van der Waals surface area contributed by atoms with Crippen LogP contribution in [0.2, 0.25) is 0 Å². The highest BCUT2D eigenvalue weighted by atomic mass is 16.3. The molecule has 4 heteroatoms. The van der Waals surface area contributed by atoms with Crippen molar-refractivity contribution >= 4 is 0 Å². The number of piperidine rings is 1. The number of rotatable bonds is 1. The average molecular weight is 193 g/mol. The number of hydrogen-bond donors (Lipinski definition) is 2. The second-order valence-corrected chi connectivity index (χ2v) is 4.47. The molecule has 3 rings (SSSR count). The average Bonchev–Trinajstić information content (AvgIpc) is 2.76. The molecule has 2 N–H and O–H groups in total. The van der Waals surface area contributed by atoms with Crippen LogP contribution in [0.4, 0.5) is 0 Å². The van der Waals surface area contributed by atoms with Gasteiger partial charge in [0.1, 0.15) is 5.60 Å². The normalized spacial score (nSPS) is 41.5. The fraction of sp³-hybridized carbons (Fsp3) is 0.700. The Bertz CT molecular complexity index is 324. The molecular weight excluding hydrogens is 178 g/mol. The van der Waals surface area contributed by atoms with Crippen LogP contribution in [0.15, 0.2) is 12.3 Å². The number of aromatic nitrogens is 2. The first kappa shape index (κ1) is 8.44. The summed E-state index contributed by atoms with van der Waals surface area (Å²) >= 11 is 0. The predicted octanol–water partition coefficient (Wildman–Crippen LogP) is 0.323. The van der Waals surface area contributed by atoms with Gasteiger partial charge in [-0.25, -0.2) is 0 Å². The highest BCUT2D eigenvalue weighted by molar-refractivity contribution is 5.16. The zero-order chi connectivity index (χ0) is 9.60. The molecule has 0 radical (unpaired) electrons. The van der Waals surface area contributed by atoms with E-state index in [1.54, 1.807) is 6.20 Å². The van der Waals surface area contributed by atoms with Crippen molar-refractivity contribution < 1.29 is 5.11 Å². The number of nitrogens with zero attached hydrogens (tertiary/aromatic N) is 2. The van der Waals surface area contributed by atoms with E-state index >= 15 is 0 Å². The molecule has 2 bridgehead atoms. The standard InChI is InChI=1S/C10H15N3O/c14-10(9-3-4-11-12-9)7-13-5-1-2-8(10)6-13/h3-4,8,14H,1-2,5-7H2,(H,11,12). The summed E-state index contributed by atoms with van der Waals surface area (Å²) in [5.41, 5.74) is 0.208. The van der Waals surface area contributed by atoms with Crippen LogP contribution in [0.25, 0.3) is 0 Å². The van der Waals surface area contributed by atoms with Crippen LogP contribution in [-0.4, -0.2) is 39.8 Å². The van der Waals surface area contributed by atoms with Gasteiger partial charge in [0.15, 0.2) is 0 Å². The maximum Gasteiger partial charge on any atom is 0.122 e. The van der Waals surface area contributed by atoms with Gasteiger partial charge >= 0.3 is 0 Å². The second kappa shape index (κ2) is 2.81. The fourth-order valence-corrected chi connectivity index (χ4v) is 2.86. The smallest absolute Gasteiger partial charge is 0.122 e. The van der Waals surface area contributed by atoms with Crippen LogP contribution >= 0.6 is 0 Å². The summed E-state index contributed by atoms with van der Waals surface area (Å²) in [6, 6.07) is 1.89. The van der Waals surface area contributed by atoms with Crippen molar-refractivity contribution in [2.24, 2.45) is 5.92 Å². The Balaban J connectivity index is 1.97. The molecule has 0 amide bonds. The monoisotopic (exact) mass is 193 g/mol. The third-order valence-corrected chi connectivity index (χ3v) is 3.61. The van der Waals surface area contributed by atoms with Crippen molar-refractivity contribution in [2.45, 2.75) is 18.4 Å². The Morgan fingerprint density at radius 2 is 2.57 bits per heavy atom. The number of aromatic amines is 1. The van der Waals surface area contributed by atoms with Gasteiger partial charge in [-0.2, -0.15) is 5.10 Å². The van der Waals surface area contributed by atoms with Gasteiger partial charge in [-0.1, -0.05) is 0 Å². The number of aliphatic hydroxyl groups is 1. The van der Waals surface area contributed by atoms with Crippen molar-refractivity contribution in [3.05, 3.63) is 18.0 Å². The van der Waals surface area contributed by atoms with Crippen molar-refractivity contribution in [3.63, 3.8) is 0 Å². The van der Waals surface area contributed by atoms with Crippen molar-refractivity contribution in [1.29, 1.82) is 0 Å². The fourth-order valence-electron chi connectivity index (χ4n) is 2.86. The van der Waals surface area contributed by atoms with E-state index < -0.39 is 5.60 Å². The maximum absolute atomic E-state index is 10.6. The Morgan fingerprint density at radius 1 is 1.64 bits per heavy atom. The lowest BCUT2D eigenvalue weighted by molar-refractivity contribution is 0.00576. The van der Waals surface area contributed by atoms with Crippen molar-refractivity contribution in [1.82, 2.24) is 15.1 Å². The van der Waals surface area contributed by atoms with Gasteiger partial charge in [0.05, 0.1) is 5.69 Å². The van der Waals surface area contributed by atoms with Gasteiger partial charge in [0.2, 0.25) is 0 Å². The van der Waals surface area contributed by atoms with Crippen LogP contribution in [0.1, 0.15) is 18.5 Å². The summed E-state index contributed by atoms with van der Waals surface area (Å²) < 4.78 is 0. The van der Waals surface area contributed by atoms with Gasteiger partial charge in [-0.3, -0.25) is 10.00 Å². The van der Waals surface area contributed by atoms with E-state index in [4.69, 9.17) is 0 Å². The highest BCUT2D eigenvalue weighted by Gasteiger charge is 2.48. The molecular formula is C10H15N3O. The Morgan fingerprint density at radius 3 is 3.29 bits per heavy atom. The Labute approximate surface area is 82.9 Å². The molecule has 76 valence electrons. The summed E-state index contributed by atoms with van der Waals surface area (Å²) in [5, 5.41) is 17.4. The summed E-state index contributed by atoms with van der Waals surface area (Å²) in [4.78, 5) is 2.34. The van der Waals surface area contributed by atoms with Crippen LogP contribution < -0.4 is 0 Å². The molecule has 14 heavy (non-hydrogen) atoms. The lowest BCUT2D eigenvalue weighted by atomic mass is 9.84. The lowest BCUT2D eigenvalue weighted by Gasteiger charge is -2.27. The zero-order valence-corrected chi connectivity index (χ0v) is 8.11. The summed E-state index contributed by atoms with van der Waals surface area (Å²) in [5.74, 6) is 0.386. The maximum atomic E-state index is 10.6. The number of H-pyrrole nitrogens is 1.